The van der Waals surface area contributed by atoms with Gasteiger partial charge in [-0.3, -0.25) is 14.5 Å². The van der Waals surface area contributed by atoms with Crippen molar-refractivity contribution in [3.05, 3.63) is 23.9 Å². The van der Waals surface area contributed by atoms with Crippen LogP contribution in [0.5, 0.6) is 0 Å². The number of hydrogen-bond acceptors (Lipinski definition) is 6. The molecule has 0 aromatic carbocycles. The fourth-order valence-corrected chi connectivity index (χ4v) is 4.63. The molecule has 0 bridgehead atoms. The highest BCUT2D eigenvalue weighted by molar-refractivity contribution is 5.92. The van der Waals surface area contributed by atoms with Crippen molar-refractivity contribution in [2.45, 2.75) is 38.1 Å². The van der Waals surface area contributed by atoms with E-state index in [9.17, 15) is 9.59 Å². The average molecular weight is 416 g/mol. The summed E-state index contributed by atoms with van der Waals surface area (Å²) in [4.78, 5) is 35.5. The van der Waals surface area contributed by atoms with Gasteiger partial charge in [0.15, 0.2) is 0 Å². The lowest BCUT2D eigenvalue weighted by atomic mass is 10.0. The van der Waals surface area contributed by atoms with Crippen molar-refractivity contribution in [3.8, 4) is 0 Å². The molecule has 3 fully saturated rings. The predicted molar refractivity (Wildman–Crippen MR) is 115 cm³/mol. The summed E-state index contributed by atoms with van der Waals surface area (Å²) in [5.41, 5.74) is 0.458. The molecule has 0 saturated carbocycles. The number of nitrogens with one attached hydrogen (secondary N) is 1. The van der Waals surface area contributed by atoms with E-state index in [1.54, 1.807) is 6.07 Å². The van der Waals surface area contributed by atoms with Gasteiger partial charge in [-0.1, -0.05) is 6.07 Å². The summed E-state index contributed by atoms with van der Waals surface area (Å²) in [5, 5.41) is 2.94. The van der Waals surface area contributed by atoms with Gasteiger partial charge in [-0.05, 0) is 37.8 Å². The van der Waals surface area contributed by atoms with E-state index in [1.807, 2.05) is 17.0 Å². The molecule has 0 radical (unpaired) electrons. The number of morpholine rings is 1. The molecule has 4 heterocycles. The van der Waals surface area contributed by atoms with Gasteiger partial charge in [-0.2, -0.15) is 0 Å². The SMILES string of the molecule is O=C(NCCCN1CCCC1=O)c1cccc(N2CCC(N3CCOCC3)CC2)n1. The van der Waals surface area contributed by atoms with E-state index in [-0.39, 0.29) is 11.8 Å². The Morgan fingerprint density at radius 1 is 1.13 bits per heavy atom. The summed E-state index contributed by atoms with van der Waals surface area (Å²) in [6.07, 6.45) is 4.62. The molecule has 4 rings (SSSR count). The molecule has 0 aliphatic carbocycles. The number of hydrogen-bond donors (Lipinski definition) is 1. The van der Waals surface area contributed by atoms with Crippen molar-refractivity contribution in [3.63, 3.8) is 0 Å². The normalized spacial score (nSPS) is 21.3. The van der Waals surface area contributed by atoms with E-state index >= 15 is 0 Å². The van der Waals surface area contributed by atoms with Gasteiger partial charge in [-0.25, -0.2) is 4.98 Å². The lowest BCUT2D eigenvalue weighted by Gasteiger charge is -2.40. The highest BCUT2D eigenvalue weighted by Crippen LogP contribution is 2.22. The second-order valence-corrected chi connectivity index (χ2v) is 8.34. The van der Waals surface area contributed by atoms with Crippen LogP contribution in [0, 0.1) is 0 Å². The number of amides is 2. The maximum atomic E-state index is 12.5. The molecule has 3 aliphatic heterocycles. The molecule has 1 aromatic rings. The van der Waals surface area contributed by atoms with Crippen molar-refractivity contribution >= 4 is 17.6 Å². The standard InChI is InChI=1S/C22H33N5O3/c28-21-6-2-10-27(21)11-3-9-23-22(29)19-4-1-5-20(24-19)26-12-7-18(8-13-26)25-14-16-30-17-15-25/h1,4-5,18H,2-3,6-17H2,(H,23,29). The first-order valence-electron chi connectivity index (χ1n) is 11.3. The molecule has 0 unspecified atom stereocenters. The number of carbonyl (C=O) groups excluding carboxylic acids is 2. The van der Waals surface area contributed by atoms with Crippen LogP contribution in [0.25, 0.3) is 0 Å². The van der Waals surface area contributed by atoms with Crippen LogP contribution in [0.4, 0.5) is 5.82 Å². The number of carbonyl (C=O) groups is 2. The van der Waals surface area contributed by atoms with Crippen LogP contribution in [-0.2, 0) is 9.53 Å². The molecule has 3 saturated heterocycles. The van der Waals surface area contributed by atoms with E-state index in [0.29, 0.717) is 31.2 Å². The third-order valence-electron chi connectivity index (χ3n) is 6.38. The topological polar surface area (TPSA) is 78.0 Å². The van der Waals surface area contributed by atoms with E-state index in [1.165, 1.54) is 0 Å². The van der Waals surface area contributed by atoms with Crippen molar-refractivity contribution in [2.24, 2.45) is 0 Å². The van der Waals surface area contributed by atoms with Gasteiger partial charge in [0.25, 0.3) is 5.91 Å². The molecule has 2 amide bonds. The Morgan fingerprint density at radius 3 is 2.67 bits per heavy atom. The van der Waals surface area contributed by atoms with Gasteiger partial charge >= 0.3 is 0 Å². The molecule has 0 spiro atoms. The minimum absolute atomic E-state index is 0.146. The van der Waals surface area contributed by atoms with Crippen LogP contribution in [0.1, 0.15) is 42.6 Å². The van der Waals surface area contributed by atoms with Crippen LogP contribution in [0.2, 0.25) is 0 Å². The van der Waals surface area contributed by atoms with Crippen LogP contribution in [-0.4, -0.2) is 91.7 Å². The minimum Gasteiger partial charge on any atom is -0.379 e. The van der Waals surface area contributed by atoms with Crippen LogP contribution in [0.3, 0.4) is 0 Å². The highest BCUT2D eigenvalue weighted by Gasteiger charge is 2.26. The average Bonchev–Trinajstić information content (AvgIpc) is 3.22. The van der Waals surface area contributed by atoms with E-state index in [0.717, 1.165) is 77.4 Å². The number of aromatic nitrogens is 1. The third-order valence-corrected chi connectivity index (χ3v) is 6.38. The van der Waals surface area contributed by atoms with Gasteiger partial charge in [0.2, 0.25) is 5.91 Å². The predicted octanol–water partition coefficient (Wildman–Crippen LogP) is 1.12. The van der Waals surface area contributed by atoms with E-state index < -0.39 is 0 Å². The second kappa shape index (κ2) is 10.2. The maximum absolute atomic E-state index is 12.5. The number of ether oxygens (including phenoxy) is 1. The summed E-state index contributed by atoms with van der Waals surface area (Å²) in [7, 11) is 0. The number of anilines is 1. The van der Waals surface area contributed by atoms with Gasteiger partial charge in [0.1, 0.15) is 11.5 Å². The highest BCUT2D eigenvalue weighted by atomic mass is 16.5. The molecule has 30 heavy (non-hydrogen) atoms. The zero-order valence-electron chi connectivity index (χ0n) is 17.7. The molecule has 164 valence electrons. The summed E-state index contributed by atoms with van der Waals surface area (Å²) < 4.78 is 5.46. The fourth-order valence-electron chi connectivity index (χ4n) is 4.63. The summed E-state index contributed by atoms with van der Waals surface area (Å²) in [6.45, 7) is 7.78. The Morgan fingerprint density at radius 2 is 1.93 bits per heavy atom. The first kappa shape index (κ1) is 21.1. The Kier molecular flexibility index (Phi) is 7.17. The molecule has 1 aromatic heterocycles. The molecular formula is C22H33N5O3. The summed E-state index contributed by atoms with van der Waals surface area (Å²) >= 11 is 0. The number of pyridine rings is 1. The maximum Gasteiger partial charge on any atom is 0.269 e. The zero-order valence-corrected chi connectivity index (χ0v) is 17.7. The smallest absolute Gasteiger partial charge is 0.269 e. The van der Waals surface area contributed by atoms with Crippen LogP contribution < -0.4 is 10.2 Å². The number of piperidine rings is 1. The Labute approximate surface area is 178 Å². The molecule has 0 atom stereocenters. The van der Waals surface area contributed by atoms with Crippen LogP contribution in [0.15, 0.2) is 18.2 Å². The van der Waals surface area contributed by atoms with Crippen molar-refractivity contribution in [2.75, 3.05) is 63.9 Å². The number of likely N-dealkylation sites (tertiary alicyclic amines) is 1. The second-order valence-electron chi connectivity index (χ2n) is 8.34. The molecule has 3 aliphatic rings. The lowest BCUT2D eigenvalue weighted by molar-refractivity contribution is -0.127. The molecule has 1 N–H and O–H groups in total. The monoisotopic (exact) mass is 415 g/mol. The van der Waals surface area contributed by atoms with Crippen LogP contribution >= 0.6 is 0 Å². The zero-order chi connectivity index (χ0) is 20.8. The Balaban J connectivity index is 1.23. The first-order chi connectivity index (χ1) is 14.7. The summed E-state index contributed by atoms with van der Waals surface area (Å²) in [6, 6.07) is 6.29. The third kappa shape index (κ3) is 5.29. The van der Waals surface area contributed by atoms with Gasteiger partial charge in [-0.15, -0.1) is 0 Å². The van der Waals surface area contributed by atoms with Crippen molar-refractivity contribution < 1.29 is 14.3 Å². The fraction of sp³-hybridized carbons (Fsp3) is 0.682. The summed E-state index contributed by atoms with van der Waals surface area (Å²) in [5.74, 6) is 0.964. The number of rotatable bonds is 7. The number of nitrogens with zero attached hydrogens (tertiary/aromatic N) is 4. The van der Waals surface area contributed by atoms with Crippen molar-refractivity contribution in [1.29, 1.82) is 0 Å². The van der Waals surface area contributed by atoms with Gasteiger partial charge < -0.3 is 19.9 Å². The van der Waals surface area contributed by atoms with E-state index in [2.05, 4.69) is 20.1 Å². The molecule has 8 nitrogen and oxygen atoms in total. The first-order valence-corrected chi connectivity index (χ1v) is 11.3. The molecular weight excluding hydrogens is 382 g/mol. The largest absolute Gasteiger partial charge is 0.379 e. The quantitative estimate of drug-likeness (QED) is 0.673. The van der Waals surface area contributed by atoms with Crippen molar-refractivity contribution in [1.82, 2.24) is 20.1 Å². The van der Waals surface area contributed by atoms with Gasteiger partial charge in [0.05, 0.1) is 13.2 Å². The lowest BCUT2D eigenvalue weighted by Crippen LogP contribution is -2.49. The Bertz CT molecular complexity index is 729. The Hall–Kier alpha value is -2.19. The van der Waals surface area contributed by atoms with E-state index in [4.69, 9.17) is 4.74 Å². The minimum atomic E-state index is -0.146. The molecule has 8 heteroatoms. The van der Waals surface area contributed by atoms with Gasteiger partial charge in [0, 0.05) is 58.3 Å².